The van der Waals surface area contributed by atoms with Crippen LogP contribution in [0.4, 0.5) is 4.79 Å². The number of rotatable bonds is 9. The molecule has 0 saturated carbocycles. The summed E-state index contributed by atoms with van der Waals surface area (Å²) in [5.74, 6) is 0.576. The second-order valence-electron chi connectivity index (χ2n) is 7.17. The highest BCUT2D eigenvalue weighted by Gasteiger charge is 2.26. The molecule has 1 aliphatic heterocycles. The molecule has 156 valence electrons. The number of ether oxygens (including phenoxy) is 1. The van der Waals surface area contributed by atoms with Crippen LogP contribution in [0.5, 0.6) is 0 Å². The van der Waals surface area contributed by atoms with Gasteiger partial charge in [-0.25, -0.2) is 4.79 Å². The van der Waals surface area contributed by atoms with Gasteiger partial charge in [0.25, 0.3) is 0 Å². The second-order valence-corrected chi connectivity index (χ2v) is 7.17. The molecular weight excluding hydrogens is 370 g/mol. The Kier molecular flexibility index (Phi) is 7.69. The van der Waals surface area contributed by atoms with E-state index in [4.69, 9.17) is 9.15 Å². The largest absolute Gasteiger partial charge is 0.467 e. The number of nitrogens with one attached hydrogen (secondary N) is 1. The lowest BCUT2D eigenvalue weighted by Crippen LogP contribution is -2.49. The molecule has 0 radical (unpaired) electrons. The predicted octanol–water partition coefficient (Wildman–Crippen LogP) is 3.02. The lowest BCUT2D eigenvalue weighted by molar-refractivity contribution is -0.133. The van der Waals surface area contributed by atoms with Gasteiger partial charge in [0, 0.05) is 26.2 Å². The van der Waals surface area contributed by atoms with Crippen molar-refractivity contribution in [3.63, 3.8) is 0 Å². The average Bonchev–Trinajstić information content (AvgIpc) is 3.42. The maximum atomic E-state index is 13.2. The van der Waals surface area contributed by atoms with Crippen molar-refractivity contribution in [2.45, 2.75) is 39.0 Å². The summed E-state index contributed by atoms with van der Waals surface area (Å²) in [7, 11) is 0. The summed E-state index contributed by atoms with van der Waals surface area (Å²) < 4.78 is 11.1. The van der Waals surface area contributed by atoms with Crippen molar-refractivity contribution in [2.75, 3.05) is 26.2 Å². The lowest BCUT2D eigenvalue weighted by atomic mass is 10.2. The SMILES string of the molecule is CCNC(=O)N(CC(=O)N(Cc1ccccc1)Cc1ccco1)CC1CCCO1. The molecule has 0 spiro atoms. The van der Waals surface area contributed by atoms with E-state index in [1.165, 1.54) is 0 Å². The minimum atomic E-state index is -0.242. The van der Waals surface area contributed by atoms with Crippen molar-refractivity contribution in [1.82, 2.24) is 15.1 Å². The van der Waals surface area contributed by atoms with E-state index >= 15 is 0 Å². The summed E-state index contributed by atoms with van der Waals surface area (Å²) in [5, 5.41) is 2.80. The molecule has 3 amide bonds. The Morgan fingerprint density at radius 3 is 2.59 bits per heavy atom. The van der Waals surface area contributed by atoms with Gasteiger partial charge in [0.2, 0.25) is 5.91 Å². The Labute approximate surface area is 171 Å². The van der Waals surface area contributed by atoms with Crippen LogP contribution in [0.15, 0.2) is 53.1 Å². The summed E-state index contributed by atoms with van der Waals surface area (Å²) in [5.41, 5.74) is 1.02. The fraction of sp³-hybridized carbons (Fsp3) is 0.455. The van der Waals surface area contributed by atoms with Gasteiger partial charge in [-0.05, 0) is 37.5 Å². The van der Waals surface area contributed by atoms with E-state index in [0.717, 1.165) is 18.4 Å². The molecule has 29 heavy (non-hydrogen) atoms. The van der Waals surface area contributed by atoms with Gasteiger partial charge in [-0.3, -0.25) is 4.79 Å². The van der Waals surface area contributed by atoms with Gasteiger partial charge in [-0.15, -0.1) is 0 Å². The first-order valence-corrected chi connectivity index (χ1v) is 10.1. The van der Waals surface area contributed by atoms with Crippen molar-refractivity contribution >= 4 is 11.9 Å². The van der Waals surface area contributed by atoms with Gasteiger partial charge in [0.05, 0.1) is 18.9 Å². The summed E-state index contributed by atoms with van der Waals surface area (Å²) in [4.78, 5) is 29.0. The van der Waals surface area contributed by atoms with Gasteiger partial charge < -0.3 is 24.3 Å². The third-order valence-corrected chi connectivity index (χ3v) is 4.89. The van der Waals surface area contributed by atoms with Crippen LogP contribution in [0.2, 0.25) is 0 Å². The Morgan fingerprint density at radius 1 is 1.10 bits per heavy atom. The topological polar surface area (TPSA) is 75.0 Å². The van der Waals surface area contributed by atoms with Crippen LogP contribution in [-0.4, -0.2) is 54.1 Å². The number of benzene rings is 1. The van der Waals surface area contributed by atoms with Crippen LogP contribution < -0.4 is 5.32 Å². The van der Waals surface area contributed by atoms with Gasteiger partial charge in [0.15, 0.2) is 0 Å². The second kappa shape index (κ2) is 10.7. The molecule has 1 N–H and O–H groups in total. The lowest BCUT2D eigenvalue weighted by Gasteiger charge is -2.29. The van der Waals surface area contributed by atoms with Crippen LogP contribution in [-0.2, 0) is 22.6 Å². The highest BCUT2D eigenvalue weighted by atomic mass is 16.5. The standard InChI is InChI=1S/C22H29N3O4/c1-2-23-22(27)25(16-20-11-7-13-29-20)17-21(26)24(15-19-10-6-12-28-19)14-18-8-4-3-5-9-18/h3-6,8-10,12,20H,2,7,11,13-17H2,1H3,(H,23,27). The molecule has 1 atom stereocenters. The van der Waals surface area contributed by atoms with Crippen molar-refractivity contribution in [2.24, 2.45) is 0 Å². The number of carbonyl (C=O) groups excluding carboxylic acids is 2. The van der Waals surface area contributed by atoms with Crippen molar-refractivity contribution in [1.29, 1.82) is 0 Å². The molecule has 1 unspecified atom stereocenters. The van der Waals surface area contributed by atoms with Crippen LogP contribution in [0.25, 0.3) is 0 Å². The van der Waals surface area contributed by atoms with Crippen molar-refractivity contribution in [3.8, 4) is 0 Å². The summed E-state index contributed by atoms with van der Waals surface area (Å²) in [6.45, 7) is 4.29. The number of amides is 3. The van der Waals surface area contributed by atoms with Crippen LogP contribution in [0.3, 0.4) is 0 Å². The Hall–Kier alpha value is -2.80. The summed E-state index contributed by atoms with van der Waals surface area (Å²) in [6, 6.07) is 13.2. The van der Waals surface area contributed by atoms with E-state index in [1.54, 1.807) is 22.1 Å². The van der Waals surface area contributed by atoms with E-state index in [1.807, 2.05) is 43.3 Å². The Bertz CT molecular complexity index is 758. The number of carbonyl (C=O) groups is 2. The minimum Gasteiger partial charge on any atom is -0.467 e. The third-order valence-electron chi connectivity index (χ3n) is 4.89. The van der Waals surface area contributed by atoms with Crippen molar-refractivity contribution in [3.05, 3.63) is 60.1 Å². The molecule has 1 saturated heterocycles. The molecule has 0 bridgehead atoms. The molecule has 2 aromatic rings. The molecule has 2 heterocycles. The molecular formula is C22H29N3O4. The van der Waals surface area contributed by atoms with Gasteiger partial charge in [-0.2, -0.15) is 0 Å². The fourth-order valence-electron chi connectivity index (χ4n) is 3.41. The maximum Gasteiger partial charge on any atom is 0.317 e. The van der Waals surface area contributed by atoms with E-state index in [9.17, 15) is 9.59 Å². The first-order chi connectivity index (χ1) is 14.2. The predicted molar refractivity (Wildman–Crippen MR) is 109 cm³/mol. The maximum absolute atomic E-state index is 13.2. The van der Waals surface area contributed by atoms with Crippen molar-refractivity contribution < 1.29 is 18.7 Å². The molecule has 1 fully saturated rings. The number of urea groups is 1. The molecule has 1 aromatic carbocycles. The monoisotopic (exact) mass is 399 g/mol. The van der Waals surface area contributed by atoms with Gasteiger partial charge >= 0.3 is 6.03 Å². The highest BCUT2D eigenvalue weighted by molar-refractivity contribution is 5.84. The number of hydrogen-bond donors (Lipinski definition) is 1. The van der Waals surface area contributed by atoms with Crippen LogP contribution >= 0.6 is 0 Å². The zero-order valence-corrected chi connectivity index (χ0v) is 16.9. The molecule has 7 nitrogen and oxygen atoms in total. The summed E-state index contributed by atoms with van der Waals surface area (Å²) in [6.07, 6.45) is 3.47. The van der Waals surface area contributed by atoms with Crippen LogP contribution in [0.1, 0.15) is 31.1 Å². The average molecular weight is 399 g/mol. The molecule has 7 heteroatoms. The number of furan rings is 1. The first kappa shape index (κ1) is 20.9. The Balaban J connectivity index is 1.71. The van der Waals surface area contributed by atoms with E-state index in [-0.39, 0.29) is 24.6 Å². The normalized spacial score (nSPS) is 15.8. The first-order valence-electron chi connectivity index (χ1n) is 10.1. The zero-order valence-electron chi connectivity index (χ0n) is 16.9. The molecule has 1 aliphatic rings. The van der Waals surface area contributed by atoms with E-state index in [2.05, 4.69) is 5.32 Å². The molecule has 3 rings (SSSR count). The van der Waals surface area contributed by atoms with E-state index in [0.29, 0.717) is 38.5 Å². The van der Waals surface area contributed by atoms with Crippen LogP contribution in [0, 0.1) is 0 Å². The van der Waals surface area contributed by atoms with E-state index < -0.39 is 0 Å². The Morgan fingerprint density at radius 2 is 1.93 bits per heavy atom. The third kappa shape index (κ3) is 6.35. The smallest absolute Gasteiger partial charge is 0.317 e. The highest BCUT2D eigenvalue weighted by Crippen LogP contribution is 2.15. The number of nitrogens with zero attached hydrogens (tertiary/aromatic N) is 2. The fourth-order valence-corrected chi connectivity index (χ4v) is 3.41. The van der Waals surface area contributed by atoms with Gasteiger partial charge in [0.1, 0.15) is 12.3 Å². The molecule has 1 aromatic heterocycles. The number of hydrogen-bond acceptors (Lipinski definition) is 4. The quantitative estimate of drug-likeness (QED) is 0.703. The molecule has 0 aliphatic carbocycles. The van der Waals surface area contributed by atoms with Gasteiger partial charge in [-0.1, -0.05) is 30.3 Å². The minimum absolute atomic E-state index is 0.000758. The zero-order chi connectivity index (χ0) is 20.5. The summed E-state index contributed by atoms with van der Waals surface area (Å²) >= 11 is 0.